The molecule has 1 saturated heterocycles. The highest BCUT2D eigenvalue weighted by molar-refractivity contribution is 5.78. The molecule has 1 heterocycles. The number of hydrogen-bond donors (Lipinski definition) is 0. The third-order valence-corrected chi connectivity index (χ3v) is 8.48. The second kappa shape index (κ2) is 26.1. The summed E-state index contributed by atoms with van der Waals surface area (Å²) >= 11 is 0. The monoisotopic (exact) mass is 507 g/mol. The molecule has 0 spiro atoms. The van der Waals surface area contributed by atoms with Gasteiger partial charge in [0.25, 0.3) is 0 Å². The molecule has 36 heavy (non-hydrogen) atoms. The molecule has 0 aromatic rings. The van der Waals surface area contributed by atoms with Crippen molar-refractivity contribution in [3.63, 3.8) is 0 Å². The van der Waals surface area contributed by atoms with Crippen LogP contribution in [0.2, 0.25) is 0 Å². The van der Waals surface area contributed by atoms with Gasteiger partial charge >= 0.3 is 5.97 Å². The second-order valence-electron chi connectivity index (χ2n) is 12.0. The number of carbonyl (C=O) groups excluding carboxylic acids is 1. The maximum absolute atomic E-state index is 11.9. The first-order chi connectivity index (χ1) is 17.8. The number of esters is 1. The van der Waals surface area contributed by atoms with Gasteiger partial charge in [0.05, 0.1) is 5.92 Å². The van der Waals surface area contributed by atoms with Crippen LogP contribution in [0, 0.1) is 5.92 Å². The second-order valence-corrected chi connectivity index (χ2v) is 12.0. The topological polar surface area (TPSA) is 26.3 Å². The highest BCUT2D eigenvalue weighted by atomic mass is 16.6. The molecule has 214 valence electrons. The fourth-order valence-corrected chi connectivity index (χ4v) is 5.88. The summed E-state index contributed by atoms with van der Waals surface area (Å²) in [5.74, 6) is 0.309. The van der Waals surface area contributed by atoms with Gasteiger partial charge in [0.2, 0.25) is 0 Å². The van der Waals surface area contributed by atoms with Crippen LogP contribution in [0.15, 0.2) is 0 Å². The van der Waals surface area contributed by atoms with Crippen LogP contribution < -0.4 is 0 Å². The van der Waals surface area contributed by atoms with Crippen LogP contribution in [0.1, 0.15) is 200 Å². The van der Waals surface area contributed by atoms with E-state index in [0.29, 0.717) is 0 Å². The molecule has 1 rings (SSSR count). The maximum atomic E-state index is 11.9. The minimum absolute atomic E-state index is 0.0871. The quantitative estimate of drug-likeness (QED) is 0.0744. The zero-order valence-corrected chi connectivity index (χ0v) is 25.0. The van der Waals surface area contributed by atoms with Crippen molar-refractivity contribution in [1.29, 1.82) is 0 Å². The van der Waals surface area contributed by atoms with Crippen molar-refractivity contribution < 1.29 is 9.53 Å². The number of ether oxygens (including phenoxy) is 1. The Morgan fingerprint density at radius 1 is 0.417 bits per heavy atom. The average molecular weight is 507 g/mol. The first kappa shape index (κ1) is 33.5. The van der Waals surface area contributed by atoms with Gasteiger partial charge in [-0.3, -0.25) is 4.79 Å². The van der Waals surface area contributed by atoms with E-state index in [1.807, 2.05) is 0 Å². The smallest absolute Gasteiger partial charge is 0.313 e. The summed E-state index contributed by atoms with van der Waals surface area (Å²) < 4.78 is 5.48. The molecular weight excluding hydrogens is 440 g/mol. The van der Waals surface area contributed by atoms with Gasteiger partial charge in [0.1, 0.15) is 6.10 Å². The van der Waals surface area contributed by atoms with Crippen molar-refractivity contribution in [3.05, 3.63) is 0 Å². The third-order valence-electron chi connectivity index (χ3n) is 8.48. The van der Waals surface area contributed by atoms with Crippen LogP contribution in [0.3, 0.4) is 0 Å². The van der Waals surface area contributed by atoms with Gasteiger partial charge in [-0.15, -0.1) is 0 Å². The zero-order valence-electron chi connectivity index (χ0n) is 25.0. The fraction of sp³-hybridized carbons (Fsp3) is 0.971. The van der Waals surface area contributed by atoms with E-state index < -0.39 is 0 Å². The van der Waals surface area contributed by atoms with Gasteiger partial charge in [0, 0.05) is 0 Å². The Morgan fingerprint density at radius 2 is 0.694 bits per heavy atom. The molecule has 0 saturated carbocycles. The molecule has 0 amide bonds. The lowest BCUT2D eigenvalue weighted by Crippen LogP contribution is -2.44. The normalized spacial score (nSPS) is 17.3. The molecule has 1 aliphatic heterocycles. The van der Waals surface area contributed by atoms with Crippen molar-refractivity contribution in [1.82, 2.24) is 0 Å². The van der Waals surface area contributed by atoms with E-state index in [1.165, 1.54) is 173 Å². The Balaban J connectivity index is 1.81. The van der Waals surface area contributed by atoms with E-state index >= 15 is 0 Å². The molecular formula is C34H66O2. The molecule has 0 aromatic heterocycles. The summed E-state index contributed by atoms with van der Waals surface area (Å²) in [6.07, 6.45) is 40.0. The molecule has 1 aliphatic rings. The lowest BCUT2D eigenvalue weighted by molar-refractivity contribution is -0.186. The van der Waals surface area contributed by atoms with Gasteiger partial charge in [-0.2, -0.15) is 0 Å². The zero-order chi connectivity index (χ0) is 25.9. The van der Waals surface area contributed by atoms with Crippen LogP contribution in [0.4, 0.5) is 0 Å². The van der Waals surface area contributed by atoms with Gasteiger partial charge < -0.3 is 4.74 Å². The molecule has 0 aliphatic carbocycles. The Kier molecular flexibility index (Phi) is 24.3. The molecule has 0 N–H and O–H groups in total. The largest absolute Gasteiger partial charge is 0.461 e. The maximum Gasteiger partial charge on any atom is 0.313 e. The standard InChI is InChI=1S/C34H66O2/c1-3-5-7-9-11-13-15-16-17-18-19-21-22-24-26-28-30-32-33(36-34(32)35)31-29-27-25-23-20-14-12-10-8-6-4-2/h32-33H,3-31H2,1-2H3/t32-,33-/m1/s1. The van der Waals surface area contributed by atoms with Gasteiger partial charge in [-0.25, -0.2) is 0 Å². The van der Waals surface area contributed by atoms with Gasteiger partial charge in [-0.05, 0) is 19.3 Å². The van der Waals surface area contributed by atoms with Crippen LogP contribution in [0.5, 0.6) is 0 Å². The number of carbonyl (C=O) groups is 1. The molecule has 0 radical (unpaired) electrons. The van der Waals surface area contributed by atoms with Crippen molar-refractivity contribution in [2.45, 2.75) is 206 Å². The van der Waals surface area contributed by atoms with Crippen molar-refractivity contribution >= 4 is 5.97 Å². The predicted octanol–water partition coefficient (Wildman–Crippen LogP) is 11.9. The number of rotatable bonds is 29. The molecule has 2 atom stereocenters. The van der Waals surface area contributed by atoms with E-state index in [9.17, 15) is 4.79 Å². The first-order valence-corrected chi connectivity index (χ1v) is 17.0. The minimum Gasteiger partial charge on any atom is -0.461 e. The summed E-state index contributed by atoms with van der Waals surface area (Å²) in [5, 5.41) is 0. The number of cyclic esters (lactones) is 1. The SMILES string of the molecule is CCCCCCCCCCCCCCCCCC[C@H]1C(=O)O[C@@H]1CCCCCCCCCCCCC. The van der Waals surface area contributed by atoms with Crippen molar-refractivity contribution in [2.75, 3.05) is 0 Å². The van der Waals surface area contributed by atoms with E-state index in [-0.39, 0.29) is 18.0 Å². The Bertz CT molecular complexity index is 460. The summed E-state index contributed by atoms with van der Waals surface area (Å²) in [7, 11) is 0. The van der Waals surface area contributed by atoms with Crippen LogP contribution >= 0.6 is 0 Å². The molecule has 2 nitrogen and oxygen atoms in total. The van der Waals surface area contributed by atoms with Gasteiger partial charge in [-0.1, -0.05) is 181 Å². The Labute approximate surface area is 227 Å². The molecule has 0 bridgehead atoms. The first-order valence-electron chi connectivity index (χ1n) is 17.0. The summed E-state index contributed by atoms with van der Waals surface area (Å²) in [4.78, 5) is 11.9. The summed E-state index contributed by atoms with van der Waals surface area (Å²) in [6, 6.07) is 0. The highest BCUT2D eigenvalue weighted by Crippen LogP contribution is 2.31. The fourth-order valence-electron chi connectivity index (χ4n) is 5.88. The van der Waals surface area contributed by atoms with Crippen LogP contribution in [-0.4, -0.2) is 12.1 Å². The minimum atomic E-state index is 0.0871. The lowest BCUT2D eigenvalue weighted by Gasteiger charge is -2.35. The summed E-state index contributed by atoms with van der Waals surface area (Å²) in [5.41, 5.74) is 0. The third kappa shape index (κ3) is 19.6. The van der Waals surface area contributed by atoms with E-state index in [1.54, 1.807) is 0 Å². The average Bonchev–Trinajstić information content (AvgIpc) is 2.88. The number of hydrogen-bond acceptors (Lipinski definition) is 2. The predicted molar refractivity (Wildman–Crippen MR) is 159 cm³/mol. The Morgan fingerprint density at radius 3 is 1.00 bits per heavy atom. The highest BCUT2D eigenvalue weighted by Gasteiger charge is 2.40. The summed E-state index contributed by atoms with van der Waals surface area (Å²) in [6.45, 7) is 4.58. The van der Waals surface area contributed by atoms with Crippen LogP contribution in [-0.2, 0) is 9.53 Å². The molecule has 2 heteroatoms. The Hall–Kier alpha value is -0.530. The molecule has 0 unspecified atom stereocenters. The van der Waals surface area contributed by atoms with E-state index in [4.69, 9.17) is 4.74 Å². The number of unbranched alkanes of at least 4 members (excludes halogenated alkanes) is 25. The van der Waals surface area contributed by atoms with Gasteiger partial charge in [0.15, 0.2) is 0 Å². The van der Waals surface area contributed by atoms with E-state index in [2.05, 4.69) is 13.8 Å². The van der Waals surface area contributed by atoms with E-state index in [0.717, 1.165) is 12.8 Å². The van der Waals surface area contributed by atoms with Crippen LogP contribution in [0.25, 0.3) is 0 Å². The molecule has 1 fully saturated rings. The van der Waals surface area contributed by atoms with Crippen molar-refractivity contribution in [3.8, 4) is 0 Å². The lowest BCUT2D eigenvalue weighted by atomic mass is 9.87. The molecule has 0 aromatic carbocycles. The van der Waals surface area contributed by atoms with Crippen molar-refractivity contribution in [2.24, 2.45) is 5.92 Å².